The zero-order valence-electron chi connectivity index (χ0n) is 15.3. The molecule has 0 aliphatic heterocycles. The van der Waals surface area contributed by atoms with Crippen LogP contribution in [0.1, 0.15) is 17.3 Å². The molecule has 0 bridgehead atoms. The molecule has 0 fully saturated rings. The molecule has 1 aromatic heterocycles. The predicted molar refractivity (Wildman–Crippen MR) is 99.7 cm³/mol. The number of aryl methyl sites for hydroxylation is 1. The van der Waals surface area contributed by atoms with E-state index in [0.717, 1.165) is 11.0 Å². The molecule has 0 saturated carbocycles. The summed E-state index contributed by atoms with van der Waals surface area (Å²) in [5.41, 5.74) is 2.60. The Bertz CT molecular complexity index is 1030. The van der Waals surface area contributed by atoms with Crippen molar-refractivity contribution in [3.63, 3.8) is 0 Å². The van der Waals surface area contributed by atoms with Gasteiger partial charge in [-0.1, -0.05) is 12.1 Å². The SMILES string of the molecule is CCn1c(=N)n(CC(=O)c2ccc(OCC(=O)OC)cc2)c2ccccc21. The van der Waals surface area contributed by atoms with Crippen LogP contribution in [0.5, 0.6) is 5.75 Å². The van der Waals surface area contributed by atoms with E-state index in [1.807, 2.05) is 35.8 Å². The number of carbonyl (C=O) groups excluding carboxylic acids is 2. The van der Waals surface area contributed by atoms with Gasteiger partial charge in [-0.25, -0.2) is 4.79 Å². The standard InChI is InChI=1S/C20H21N3O4/c1-3-22-16-6-4-5-7-17(16)23(20(22)21)12-18(24)14-8-10-15(11-9-14)27-13-19(25)26-2/h4-11,21H,3,12-13H2,1-2H3. The number of esters is 1. The third-order valence-electron chi connectivity index (χ3n) is 4.35. The highest BCUT2D eigenvalue weighted by atomic mass is 16.6. The fourth-order valence-corrected chi connectivity index (χ4v) is 2.95. The van der Waals surface area contributed by atoms with Crippen molar-refractivity contribution in [1.82, 2.24) is 9.13 Å². The van der Waals surface area contributed by atoms with Crippen LogP contribution < -0.4 is 10.4 Å². The van der Waals surface area contributed by atoms with Gasteiger partial charge in [-0.2, -0.15) is 0 Å². The fourth-order valence-electron chi connectivity index (χ4n) is 2.95. The molecule has 140 valence electrons. The molecule has 1 heterocycles. The second-order valence-electron chi connectivity index (χ2n) is 5.96. The number of imidazole rings is 1. The van der Waals surface area contributed by atoms with E-state index in [0.29, 0.717) is 23.5 Å². The van der Waals surface area contributed by atoms with Crippen molar-refractivity contribution < 1.29 is 19.1 Å². The van der Waals surface area contributed by atoms with Crippen molar-refractivity contribution in [2.75, 3.05) is 13.7 Å². The molecule has 27 heavy (non-hydrogen) atoms. The summed E-state index contributed by atoms with van der Waals surface area (Å²) in [4.78, 5) is 23.8. The summed E-state index contributed by atoms with van der Waals surface area (Å²) in [5.74, 6) is -0.0952. The number of methoxy groups -OCH3 is 1. The molecule has 0 atom stereocenters. The first kappa shape index (κ1) is 18.4. The van der Waals surface area contributed by atoms with Gasteiger partial charge in [0.2, 0.25) is 5.62 Å². The maximum Gasteiger partial charge on any atom is 0.343 e. The maximum atomic E-state index is 12.7. The molecule has 0 radical (unpaired) electrons. The summed E-state index contributed by atoms with van der Waals surface area (Å²) < 4.78 is 13.4. The minimum Gasteiger partial charge on any atom is -0.482 e. The summed E-state index contributed by atoms with van der Waals surface area (Å²) >= 11 is 0. The number of benzene rings is 2. The number of para-hydroxylation sites is 2. The van der Waals surface area contributed by atoms with Gasteiger partial charge in [0.05, 0.1) is 24.7 Å². The first-order chi connectivity index (χ1) is 13.0. The summed E-state index contributed by atoms with van der Waals surface area (Å²) in [6.07, 6.45) is 0. The number of hydrogen-bond donors (Lipinski definition) is 1. The molecule has 0 amide bonds. The van der Waals surface area contributed by atoms with Gasteiger partial charge >= 0.3 is 5.97 Å². The molecule has 3 aromatic rings. The summed E-state index contributed by atoms with van der Waals surface area (Å²) in [7, 11) is 1.29. The van der Waals surface area contributed by atoms with Gasteiger partial charge < -0.3 is 18.6 Å². The average Bonchev–Trinajstić information content (AvgIpc) is 2.97. The van der Waals surface area contributed by atoms with Crippen LogP contribution in [-0.2, 0) is 22.6 Å². The van der Waals surface area contributed by atoms with Crippen LogP contribution in [0.2, 0.25) is 0 Å². The molecule has 0 unspecified atom stereocenters. The molecule has 7 nitrogen and oxygen atoms in total. The van der Waals surface area contributed by atoms with Crippen LogP contribution in [0.15, 0.2) is 48.5 Å². The van der Waals surface area contributed by atoms with Crippen LogP contribution in [-0.4, -0.2) is 34.6 Å². The maximum absolute atomic E-state index is 12.7. The zero-order valence-corrected chi connectivity index (χ0v) is 15.3. The zero-order chi connectivity index (χ0) is 19.4. The second-order valence-corrected chi connectivity index (χ2v) is 5.96. The number of nitrogens with zero attached hydrogens (tertiary/aromatic N) is 2. The van der Waals surface area contributed by atoms with Crippen molar-refractivity contribution in [3.05, 3.63) is 59.7 Å². The Morgan fingerprint density at radius 1 is 1.00 bits per heavy atom. The molecule has 0 aliphatic rings. The number of fused-ring (bicyclic) bond motifs is 1. The van der Waals surface area contributed by atoms with Crippen molar-refractivity contribution in [2.45, 2.75) is 20.0 Å². The largest absolute Gasteiger partial charge is 0.482 e. The minimum atomic E-state index is -0.471. The molecule has 0 aliphatic carbocycles. The lowest BCUT2D eigenvalue weighted by atomic mass is 10.1. The summed E-state index contributed by atoms with van der Waals surface area (Å²) in [6, 6.07) is 14.3. The van der Waals surface area contributed by atoms with Crippen LogP contribution in [0, 0.1) is 5.41 Å². The third kappa shape index (κ3) is 3.76. The Kier molecular flexibility index (Phi) is 5.40. The Labute approximate surface area is 156 Å². The van der Waals surface area contributed by atoms with Gasteiger partial charge in [0.15, 0.2) is 12.4 Å². The third-order valence-corrected chi connectivity index (χ3v) is 4.35. The van der Waals surface area contributed by atoms with Crippen LogP contribution >= 0.6 is 0 Å². The van der Waals surface area contributed by atoms with Crippen molar-refractivity contribution in [1.29, 1.82) is 5.41 Å². The fraction of sp³-hybridized carbons (Fsp3) is 0.250. The lowest BCUT2D eigenvalue weighted by Crippen LogP contribution is -2.27. The number of aromatic nitrogens is 2. The highest BCUT2D eigenvalue weighted by molar-refractivity contribution is 5.96. The topological polar surface area (TPSA) is 86.3 Å². The Morgan fingerprint density at radius 2 is 1.63 bits per heavy atom. The highest BCUT2D eigenvalue weighted by Crippen LogP contribution is 2.16. The monoisotopic (exact) mass is 367 g/mol. The molecular formula is C20H21N3O4. The highest BCUT2D eigenvalue weighted by Gasteiger charge is 2.14. The van der Waals surface area contributed by atoms with Gasteiger partial charge in [0.25, 0.3) is 0 Å². The first-order valence-electron chi connectivity index (χ1n) is 8.60. The quantitative estimate of drug-likeness (QED) is 0.513. The van der Waals surface area contributed by atoms with E-state index in [4.69, 9.17) is 10.1 Å². The molecule has 3 rings (SSSR count). The number of Topliss-reactive ketones (excluding diaryl/α,β-unsaturated/α-hetero) is 1. The van der Waals surface area contributed by atoms with E-state index in [2.05, 4.69) is 4.74 Å². The van der Waals surface area contributed by atoms with Crippen molar-refractivity contribution >= 4 is 22.8 Å². The van der Waals surface area contributed by atoms with Gasteiger partial charge in [0.1, 0.15) is 5.75 Å². The number of carbonyl (C=O) groups is 2. The molecule has 2 aromatic carbocycles. The van der Waals surface area contributed by atoms with E-state index >= 15 is 0 Å². The molecular weight excluding hydrogens is 346 g/mol. The Morgan fingerprint density at radius 3 is 2.22 bits per heavy atom. The summed E-state index contributed by atoms with van der Waals surface area (Å²) in [6.45, 7) is 2.53. The van der Waals surface area contributed by atoms with Gasteiger partial charge in [-0.05, 0) is 43.3 Å². The summed E-state index contributed by atoms with van der Waals surface area (Å²) in [5, 5.41) is 8.39. The second kappa shape index (κ2) is 7.90. The first-order valence-corrected chi connectivity index (χ1v) is 8.60. The van der Waals surface area contributed by atoms with Crippen LogP contribution in [0.3, 0.4) is 0 Å². The van der Waals surface area contributed by atoms with Crippen molar-refractivity contribution in [2.24, 2.45) is 0 Å². The van der Waals surface area contributed by atoms with E-state index in [1.54, 1.807) is 28.8 Å². The molecule has 0 saturated heterocycles. The smallest absolute Gasteiger partial charge is 0.343 e. The van der Waals surface area contributed by atoms with Gasteiger partial charge in [0, 0.05) is 12.1 Å². The molecule has 0 spiro atoms. The number of hydrogen-bond acceptors (Lipinski definition) is 5. The lowest BCUT2D eigenvalue weighted by Gasteiger charge is -2.07. The number of nitrogens with one attached hydrogen (secondary N) is 1. The van der Waals surface area contributed by atoms with Crippen molar-refractivity contribution in [3.8, 4) is 5.75 Å². The number of ether oxygens (including phenoxy) is 2. The van der Waals surface area contributed by atoms with Crippen LogP contribution in [0.25, 0.3) is 11.0 Å². The van der Waals surface area contributed by atoms with Gasteiger partial charge in [-0.3, -0.25) is 10.2 Å². The van der Waals surface area contributed by atoms with E-state index in [1.165, 1.54) is 7.11 Å². The van der Waals surface area contributed by atoms with E-state index in [9.17, 15) is 9.59 Å². The minimum absolute atomic E-state index is 0.0781. The normalized spacial score (nSPS) is 10.7. The van der Waals surface area contributed by atoms with Crippen LogP contribution in [0.4, 0.5) is 0 Å². The Hall–Kier alpha value is -3.35. The van der Waals surface area contributed by atoms with E-state index < -0.39 is 5.97 Å². The molecule has 7 heteroatoms. The molecule has 1 N–H and O–H groups in total. The number of rotatable bonds is 7. The average molecular weight is 367 g/mol. The number of ketones is 1. The predicted octanol–water partition coefficient (Wildman–Crippen LogP) is 2.38. The van der Waals surface area contributed by atoms with E-state index in [-0.39, 0.29) is 18.9 Å². The lowest BCUT2D eigenvalue weighted by molar-refractivity contribution is -0.142. The van der Waals surface area contributed by atoms with Gasteiger partial charge in [-0.15, -0.1) is 0 Å². The Balaban J connectivity index is 1.80.